The molecule has 0 aliphatic carbocycles. The quantitative estimate of drug-likeness (QED) is 0.895. The summed E-state index contributed by atoms with van der Waals surface area (Å²) in [5.74, 6) is -1.04. The maximum atomic E-state index is 12.1. The Hall–Kier alpha value is -1.56. The fraction of sp³-hybridized carbons (Fsp3) is 0.385. The minimum atomic E-state index is -1.04. The lowest BCUT2D eigenvalue weighted by atomic mass is 10.1. The molecule has 1 aromatic rings. The number of anilines is 1. The van der Waals surface area contributed by atoms with Crippen molar-refractivity contribution in [2.24, 2.45) is 0 Å². The molecule has 0 radical (unpaired) electrons. The first-order valence-corrected chi connectivity index (χ1v) is 6.55. The minimum Gasteiger partial charge on any atom is -0.480 e. The van der Waals surface area contributed by atoms with Gasteiger partial charge in [0, 0.05) is 15.7 Å². The number of nitrogens with one attached hydrogen (secondary N) is 1. The molecule has 1 aromatic carbocycles. The first-order valence-electron chi connectivity index (χ1n) is 5.76. The predicted molar refractivity (Wildman–Crippen MR) is 77.3 cm³/mol. The van der Waals surface area contributed by atoms with Crippen molar-refractivity contribution >= 4 is 33.6 Å². The topological polar surface area (TPSA) is 69.6 Å². The van der Waals surface area contributed by atoms with Gasteiger partial charge in [-0.3, -0.25) is 4.79 Å². The van der Waals surface area contributed by atoms with Gasteiger partial charge in [0.15, 0.2) is 0 Å². The molecule has 0 fully saturated rings. The van der Waals surface area contributed by atoms with Crippen LogP contribution in [0.3, 0.4) is 0 Å². The molecule has 19 heavy (non-hydrogen) atoms. The molecule has 0 saturated heterocycles. The molecule has 0 bridgehead atoms. The van der Waals surface area contributed by atoms with Crippen LogP contribution in [0.2, 0.25) is 0 Å². The Morgan fingerprint density at radius 3 is 2.21 bits per heavy atom. The second-order valence-corrected chi connectivity index (χ2v) is 6.00. The van der Waals surface area contributed by atoms with Gasteiger partial charge in [0.2, 0.25) is 0 Å². The van der Waals surface area contributed by atoms with Gasteiger partial charge >= 0.3 is 12.0 Å². The second-order valence-electron chi connectivity index (χ2n) is 5.09. The Bertz CT molecular complexity index is 466. The summed E-state index contributed by atoms with van der Waals surface area (Å²) >= 11 is 3.30. The average Bonchev–Trinajstić information content (AvgIpc) is 2.27. The molecule has 0 atom stereocenters. The van der Waals surface area contributed by atoms with Crippen molar-refractivity contribution in [3.05, 3.63) is 28.7 Å². The van der Waals surface area contributed by atoms with E-state index in [9.17, 15) is 9.59 Å². The van der Waals surface area contributed by atoms with Crippen molar-refractivity contribution in [2.45, 2.75) is 26.3 Å². The van der Waals surface area contributed by atoms with Crippen LogP contribution < -0.4 is 5.32 Å². The number of nitrogens with zero attached hydrogens (tertiary/aromatic N) is 1. The average molecular weight is 329 g/mol. The SMILES string of the molecule is CC(C)(C)N(CC(=O)O)C(=O)Nc1ccc(Br)cc1. The third-order valence-corrected chi connectivity index (χ3v) is 2.97. The van der Waals surface area contributed by atoms with Crippen molar-refractivity contribution < 1.29 is 14.7 Å². The summed E-state index contributed by atoms with van der Waals surface area (Å²) in [5, 5.41) is 11.6. The zero-order chi connectivity index (χ0) is 14.6. The summed E-state index contributed by atoms with van der Waals surface area (Å²) in [5.41, 5.74) is 0.0468. The fourth-order valence-electron chi connectivity index (χ4n) is 1.47. The Labute approximate surface area is 120 Å². The number of carboxylic acids is 1. The Kier molecular flexibility index (Phi) is 4.94. The van der Waals surface area contributed by atoms with Crippen LogP contribution in [0.1, 0.15) is 20.8 Å². The van der Waals surface area contributed by atoms with Gasteiger partial charge in [-0.15, -0.1) is 0 Å². The van der Waals surface area contributed by atoms with Crippen LogP contribution in [0.5, 0.6) is 0 Å². The summed E-state index contributed by atoms with van der Waals surface area (Å²) < 4.78 is 0.906. The lowest BCUT2D eigenvalue weighted by Gasteiger charge is -2.34. The molecule has 0 spiro atoms. The van der Waals surface area contributed by atoms with Gasteiger partial charge in [-0.1, -0.05) is 15.9 Å². The molecule has 0 unspecified atom stereocenters. The smallest absolute Gasteiger partial charge is 0.323 e. The molecule has 2 amide bonds. The minimum absolute atomic E-state index is 0.341. The van der Waals surface area contributed by atoms with E-state index in [1.165, 1.54) is 4.90 Å². The molecule has 5 nitrogen and oxygen atoms in total. The fourth-order valence-corrected chi connectivity index (χ4v) is 1.74. The number of rotatable bonds is 3. The monoisotopic (exact) mass is 328 g/mol. The molecule has 2 N–H and O–H groups in total. The Morgan fingerprint density at radius 2 is 1.79 bits per heavy atom. The first-order chi connectivity index (χ1) is 8.70. The molecule has 0 aliphatic rings. The predicted octanol–water partition coefficient (Wildman–Crippen LogP) is 3.17. The van der Waals surface area contributed by atoms with E-state index in [0.717, 1.165) is 4.47 Å². The molecule has 6 heteroatoms. The molecular weight excluding hydrogens is 312 g/mol. The van der Waals surface area contributed by atoms with Crippen LogP contribution in [-0.4, -0.2) is 34.1 Å². The number of hydrogen-bond donors (Lipinski definition) is 2. The van der Waals surface area contributed by atoms with Gasteiger partial charge in [0.1, 0.15) is 6.54 Å². The maximum Gasteiger partial charge on any atom is 0.323 e. The van der Waals surface area contributed by atoms with Crippen molar-refractivity contribution in [1.82, 2.24) is 4.90 Å². The molecular formula is C13H17BrN2O3. The summed E-state index contributed by atoms with van der Waals surface area (Å²) in [7, 11) is 0. The third kappa shape index (κ3) is 4.90. The van der Waals surface area contributed by atoms with E-state index in [1.54, 1.807) is 45.0 Å². The number of carbonyl (C=O) groups excluding carboxylic acids is 1. The number of carboxylic acid groups (broad SMARTS) is 1. The standard InChI is InChI=1S/C13H17BrN2O3/c1-13(2,3)16(8-11(17)18)12(19)15-10-6-4-9(14)5-7-10/h4-7H,8H2,1-3H3,(H,15,19)(H,17,18). The summed E-state index contributed by atoms with van der Waals surface area (Å²) in [6, 6.07) is 6.65. The summed E-state index contributed by atoms with van der Waals surface area (Å²) in [6.07, 6.45) is 0. The number of benzene rings is 1. The first kappa shape index (κ1) is 15.5. The molecule has 0 saturated carbocycles. The maximum absolute atomic E-state index is 12.1. The van der Waals surface area contributed by atoms with E-state index >= 15 is 0 Å². The highest BCUT2D eigenvalue weighted by atomic mass is 79.9. The van der Waals surface area contributed by atoms with Crippen LogP contribution in [0.4, 0.5) is 10.5 Å². The van der Waals surface area contributed by atoms with Crippen LogP contribution in [0, 0.1) is 0 Å². The highest BCUT2D eigenvalue weighted by Gasteiger charge is 2.28. The van der Waals surface area contributed by atoms with Gasteiger partial charge in [-0.05, 0) is 45.0 Å². The van der Waals surface area contributed by atoms with Gasteiger partial charge in [0.25, 0.3) is 0 Å². The number of carbonyl (C=O) groups is 2. The van der Waals surface area contributed by atoms with Gasteiger partial charge in [0.05, 0.1) is 0 Å². The van der Waals surface area contributed by atoms with Crippen LogP contribution in [0.15, 0.2) is 28.7 Å². The lowest BCUT2D eigenvalue weighted by Crippen LogP contribution is -2.50. The van der Waals surface area contributed by atoms with E-state index < -0.39 is 17.5 Å². The Balaban J connectivity index is 2.82. The normalized spacial score (nSPS) is 10.9. The largest absolute Gasteiger partial charge is 0.480 e. The number of halogens is 1. The van der Waals surface area contributed by atoms with E-state index in [0.29, 0.717) is 5.69 Å². The van der Waals surface area contributed by atoms with Crippen LogP contribution >= 0.6 is 15.9 Å². The summed E-state index contributed by atoms with van der Waals surface area (Å²) in [6.45, 7) is 5.02. The van der Waals surface area contributed by atoms with Crippen molar-refractivity contribution in [1.29, 1.82) is 0 Å². The number of urea groups is 1. The molecule has 104 valence electrons. The van der Waals surface area contributed by atoms with Crippen LogP contribution in [-0.2, 0) is 4.79 Å². The van der Waals surface area contributed by atoms with E-state index in [1.807, 2.05) is 0 Å². The zero-order valence-electron chi connectivity index (χ0n) is 11.1. The van der Waals surface area contributed by atoms with E-state index in [-0.39, 0.29) is 6.54 Å². The van der Waals surface area contributed by atoms with Crippen molar-refractivity contribution in [2.75, 3.05) is 11.9 Å². The van der Waals surface area contributed by atoms with Crippen molar-refractivity contribution in [3.8, 4) is 0 Å². The highest BCUT2D eigenvalue weighted by molar-refractivity contribution is 9.10. The zero-order valence-corrected chi connectivity index (χ0v) is 12.7. The Morgan fingerprint density at radius 1 is 1.26 bits per heavy atom. The number of amides is 2. The van der Waals surface area contributed by atoms with Gasteiger partial charge < -0.3 is 15.3 Å². The number of hydrogen-bond acceptors (Lipinski definition) is 2. The van der Waals surface area contributed by atoms with Crippen molar-refractivity contribution in [3.63, 3.8) is 0 Å². The molecule has 0 heterocycles. The molecule has 1 rings (SSSR count). The van der Waals surface area contributed by atoms with E-state index in [4.69, 9.17) is 5.11 Å². The van der Waals surface area contributed by atoms with E-state index in [2.05, 4.69) is 21.2 Å². The highest BCUT2D eigenvalue weighted by Crippen LogP contribution is 2.18. The van der Waals surface area contributed by atoms with Gasteiger partial charge in [-0.2, -0.15) is 0 Å². The second kappa shape index (κ2) is 6.06. The van der Waals surface area contributed by atoms with Crippen LogP contribution in [0.25, 0.3) is 0 Å². The lowest BCUT2D eigenvalue weighted by molar-refractivity contribution is -0.138. The molecule has 0 aliphatic heterocycles. The third-order valence-electron chi connectivity index (χ3n) is 2.44. The summed E-state index contributed by atoms with van der Waals surface area (Å²) in [4.78, 5) is 24.2. The van der Waals surface area contributed by atoms with Gasteiger partial charge in [-0.25, -0.2) is 4.79 Å². The number of aliphatic carboxylic acids is 1. The molecule has 0 aromatic heterocycles.